The highest BCUT2D eigenvalue weighted by atomic mass is 32.2. The molecule has 0 atom stereocenters. The van der Waals surface area contributed by atoms with E-state index in [9.17, 15) is 13.2 Å². The summed E-state index contributed by atoms with van der Waals surface area (Å²) in [6, 6.07) is 3.12. The molecule has 23 heavy (non-hydrogen) atoms. The summed E-state index contributed by atoms with van der Waals surface area (Å²) in [5, 5.41) is 4.27. The zero-order chi connectivity index (χ0) is 16.6. The van der Waals surface area contributed by atoms with E-state index < -0.39 is 10.0 Å². The number of sulfonamides is 1. The Hall–Kier alpha value is -1.67. The SMILES string of the molecule is CC(C)Cn1nc2c(S(=O)(=O)N3CCCCC3)cccn2c1=O. The average molecular weight is 338 g/mol. The van der Waals surface area contributed by atoms with Crippen LogP contribution in [-0.4, -0.2) is 40.0 Å². The van der Waals surface area contributed by atoms with Crippen molar-refractivity contribution in [2.45, 2.75) is 44.6 Å². The van der Waals surface area contributed by atoms with Gasteiger partial charge in [-0.25, -0.2) is 22.3 Å². The van der Waals surface area contributed by atoms with E-state index in [0.717, 1.165) is 19.3 Å². The first-order chi connectivity index (χ1) is 10.9. The summed E-state index contributed by atoms with van der Waals surface area (Å²) < 4.78 is 30.0. The van der Waals surface area contributed by atoms with Crippen LogP contribution in [0.3, 0.4) is 0 Å². The predicted octanol–water partition coefficient (Wildman–Crippen LogP) is 1.33. The fourth-order valence-electron chi connectivity index (χ4n) is 2.92. The highest BCUT2D eigenvalue weighted by Gasteiger charge is 2.29. The Balaban J connectivity index is 2.12. The quantitative estimate of drug-likeness (QED) is 0.842. The molecule has 0 N–H and O–H groups in total. The standard InChI is InChI=1S/C15H22N4O3S/c1-12(2)11-19-15(20)18-10-6-7-13(14(18)16-19)23(21,22)17-8-4-3-5-9-17/h6-7,10,12H,3-5,8-9,11H2,1-2H3. The first kappa shape index (κ1) is 16.2. The number of hydrogen-bond donors (Lipinski definition) is 0. The Bertz CT molecular complexity index is 860. The molecule has 2 aromatic rings. The maximum Gasteiger partial charge on any atom is 0.350 e. The minimum absolute atomic E-state index is 0.113. The summed E-state index contributed by atoms with van der Waals surface area (Å²) in [7, 11) is -3.62. The van der Waals surface area contributed by atoms with Crippen molar-refractivity contribution >= 4 is 15.7 Å². The molecule has 0 radical (unpaired) electrons. The number of piperidine rings is 1. The van der Waals surface area contributed by atoms with Crippen LogP contribution in [-0.2, 0) is 16.6 Å². The van der Waals surface area contributed by atoms with Crippen LogP contribution in [0.1, 0.15) is 33.1 Å². The van der Waals surface area contributed by atoms with Gasteiger partial charge in [-0.1, -0.05) is 20.3 Å². The van der Waals surface area contributed by atoms with Crippen molar-refractivity contribution in [3.05, 3.63) is 28.8 Å². The molecule has 0 amide bonds. The van der Waals surface area contributed by atoms with Gasteiger partial charge < -0.3 is 0 Å². The lowest BCUT2D eigenvalue weighted by molar-refractivity contribution is 0.347. The highest BCUT2D eigenvalue weighted by Crippen LogP contribution is 2.22. The van der Waals surface area contributed by atoms with Gasteiger partial charge in [0.2, 0.25) is 10.0 Å². The monoisotopic (exact) mass is 338 g/mol. The Morgan fingerprint density at radius 1 is 1.22 bits per heavy atom. The smallest absolute Gasteiger partial charge is 0.249 e. The van der Waals surface area contributed by atoms with Gasteiger partial charge in [-0.15, -0.1) is 5.10 Å². The van der Waals surface area contributed by atoms with Crippen molar-refractivity contribution in [1.82, 2.24) is 18.5 Å². The van der Waals surface area contributed by atoms with Crippen LogP contribution >= 0.6 is 0 Å². The summed E-state index contributed by atoms with van der Waals surface area (Å²) >= 11 is 0. The normalized spacial score (nSPS) is 17.2. The molecule has 3 rings (SSSR count). The van der Waals surface area contributed by atoms with Gasteiger partial charge in [-0.3, -0.25) is 0 Å². The maximum absolute atomic E-state index is 12.9. The van der Waals surface area contributed by atoms with Crippen molar-refractivity contribution in [3.8, 4) is 0 Å². The molecule has 126 valence electrons. The van der Waals surface area contributed by atoms with Crippen LogP contribution in [0.25, 0.3) is 5.65 Å². The van der Waals surface area contributed by atoms with Crippen molar-refractivity contribution in [1.29, 1.82) is 0 Å². The van der Waals surface area contributed by atoms with Crippen LogP contribution in [0.5, 0.6) is 0 Å². The van der Waals surface area contributed by atoms with Gasteiger partial charge in [0.1, 0.15) is 4.90 Å². The lowest BCUT2D eigenvalue weighted by Crippen LogP contribution is -2.35. The predicted molar refractivity (Wildman–Crippen MR) is 86.9 cm³/mol. The number of aromatic nitrogens is 3. The molecule has 0 aliphatic carbocycles. The Morgan fingerprint density at radius 3 is 2.57 bits per heavy atom. The molecule has 0 aromatic carbocycles. The fourth-order valence-corrected chi connectivity index (χ4v) is 4.56. The molecule has 1 saturated heterocycles. The van der Waals surface area contributed by atoms with Crippen LogP contribution < -0.4 is 5.69 Å². The molecule has 1 aliphatic heterocycles. The molecule has 0 unspecified atom stereocenters. The van der Waals surface area contributed by atoms with Crippen molar-refractivity contribution in [2.75, 3.05) is 13.1 Å². The average Bonchev–Trinajstić information content (AvgIpc) is 2.84. The molecule has 8 heteroatoms. The molecule has 1 aliphatic rings. The topological polar surface area (TPSA) is 76.7 Å². The van der Waals surface area contributed by atoms with Crippen LogP contribution in [0.2, 0.25) is 0 Å². The molecular formula is C15H22N4O3S. The van der Waals surface area contributed by atoms with Gasteiger partial charge in [0.05, 0.1) is 0 Å². The highest BCUT2D eigenvalue weighted by molar-refractivity contribution is 7.89. The molecule has 3 heterocycles. The van der Waals surface area contributed by atoms with E-state index in [1.54, 1.807) is 12.3 Å². The first-order valence-electron chi connectivity index (χ1n) is 7.99. The van der Waals surface area contributed by atoms with Gasteiger partial charge in [0.25, 0.3) is 0 Å². The summed E-state index contributed by atoms with van der Waals surface area (Å²) in [5.74, 6) is 0.250. The third-order valence-corrected chi connectivity index (χ3v) is 5.96. The van der Waals surface area contributed by atoms with Crippen molar-refractivity contribution < 1.29 is 8.42 Å². The fraction of sp³-hybridized carbons (Fsp3) is 0.600. The van der Waals surface area contributed by atoms with Gasteiger partial charge in [0, 0.05) is 25.8 Å². The van der Waals surface area contributed by atoms with Crippen molar-refractivity contribution in [2.24, 2.45) is 5.92 Å². The van der Waals surface area contributed by atoms with Gasteiger partial charge in [0.15, 0.2) is 5.65 Å². The second-order valence-corrected chi connectivity index (χ2v) is 8.30. The van der Waals surface area contributed by atoms with E-state index in [1.165, 1.54) is 19.5 Å². The Labute approximate surface area is 135 Å². The number of fused-ring (bicyclic) bond motifs is 1. The minimum atomic E-state index is -3.62. The number of hydrogen-bond acceptors (Lipinski definition) is 4. The molecule has 1 fully saturated rings. The van der Waals surface area contributed by atoms with E-state index in [-0.39, 0.29) is 22.2 Å². The zero-order valence-corrected chi connectivity index (χ0v) is 14.3. The van der Waals surface area contributed by atoms with Crippen LogP contribution in [0.15, 0.2) is 28.0 Å². The lowest BCUT2D eigenvalue weighted by atomic mass is 10.2. The third kappa shape index (κ3) is 2.92. The Morgan fingerprint density at radius 2 is 1.91 bits per heavy atom. The Kier molecular flexibility index (Phi) is 4.29. The van der Waals surface area contributed by atoms with E-state index >= 15 is 0 Å². The molecule has 0 bridgehead atoms. The summed E-state index contributed by atoms with van der Waals surface area (Å²) in [6.45, 7) is 5.49. The summed E-state index contributed by atoms with van der Waals surface area (Å²) in [4.78, 5) is 12.5. The van der Waals surface area contributed by atoms with E-state index in [4.69, 9.17) is 0 Å². The molecule has 7 nitrogen and oxygen atoms in total. The van der Waals surface area contributed by atoms with E-state index in [2.05, 4.69) is 5.10 Å². The van der Waals surface area contributed by atoms with Gasteiger partial charge in [-0.05, 0) is 30.9 Å². The number of rotatable bonds is 4. The lowest BCUT2D eigenvalue weighted by Gasteiger charge is -2.25. The first-order valence-corrected chi connectivity index (χ1v) is 9.43. The van der Waals surface area contributed by atoms with E-state index in [0.29, 0.717) is 19.6 Å². The maximum atomic E-state index is 12.9. The second-order valence-electron chi connectivity index (χ2n) is 6.39. The minimum Gasteiger partial charge on any atom is -0.249 e. The molecular weight excluding hydrogens is 316 g/mol. The number of nitrogens with zero attached hydrogens (tertiary/aromatic N) is 4. The van der Waals surface area contributed by atoms with Crippen LogP contribution in [0, 0.1) is 5.92 Å². The zero-order valence-electron chi connectivity index (χ0n) is 13.5. The molecule has 0 spiro atoms. The molecule has 2 aromatic heterocycles. The third-order valence-electron chi connectivity index (χ3n) is 4.04. The van der Waals surface area contributed by atoms with Crippen LogP contribution in [0.4, 0.5) is 0 Å². The number of pyridine rings is 1. The molecule has 0 saturated carbocycles. The largest absolute Gasteiger partial charge is 0.350 e. The summed E-state index contributed by atoms with van der Waals surface area (Å²) in [6.07, 6.45) is 4.36. The van der Waals surface area contributed by atoms with Gasteiger partial charge in [-0.2, -0.15) is 4.31 Å². The van der Waals surface area contributed by atoms with Crippen molar-refractivity contribution in [3.63, 3.8) is 0 Å². The van der Waals surface area contributed by atoms with E-state index in [1.807, 2.05) is 13.8 Å². The van der Waals surface area contributed by atoms with Gasteiger partial charge >= 0.3 is 5.69 Å². The second kappa shape index (κ2) is 6.09. The summed E-state index contributed by atoms with van der Waals surface area (Å²) in [5.41, 5.74) is -0.0897.